The van der Waals surface area contributed by atoms with Crippen molar-refractivity contribution in [1.29, 1.82) is 0 Å². The van der Waals surface area contributed by atoms with Crippen LogP contribution in [0.25, 0.3) is 0 Å². The van der Waals surface area contributed by atoms with Gasteiger partial charge in [0, 0.05) is 0 Å². The van der Waals surface area contributed by atoms with Crippen LogP contribution in [0.4, 0.5) is 0 Å². The van der Waals surface area contributed by atoms with Crippen LogP contribution in [0.2, 0.25) is 0 Å². The maximum absolute atomic E-state index is 11.4. The fourth-order valence-electron chi connectivity index (χ4n) is 2.29. The fraction of sp³-hybridized carbons (Fsp3) is 0.500. The van der Waals surface area contributed by atoms with Gasteiger partial charge < -0.3 is 29.2 Å². The Labute approximate surface area is 133 Å². The largest absolute Gasteiger partial charge is 0.388 e. The monoisotopic (exact) mass is 324 g/mol. The molecule has 1 aromatic rings. The normalized spacial score (nSPS) is 27.2. The van der Waals surface area contributed by atoms with Gasteiger partial charge in [-0.15, -0.1) is 0 Å². The molecule has 7 heteroatoms. The van der Waals surface area contributed by atoms with E-state index in [2.05, 4.69) is 0 Å². The lowest BCUT2D eigenvalue weighted by Gasteiger charge is -2.37. The average Bonchev–Trinajstić information content (AvgIpc) is 2.56. The fourth-order valence-corrected chi connectivity index (χ4v) is 2.29. The van der Waals surface area contributed by atoms with Crippen LogP contribution in [0.3, 0.4) is 0 Å². The Morgan fingerprint density at radius 3 is 2.74 bits per heavy atom. The lowest BCUT2D eigenvalue weighted by atomic mass is 10.0. The molecule has 0 amide bonds. The molecular weight excluding hydrogens is 304 g/mol. The minimum absolute atomic E-state index is 0.120. The number of rotatable bonds is 7. The second kappa shape index (κ2) is 8.28. The zero-order valence-electron chi connectivity index (χ0n) is 12.7. The Bertz CT molecular complexity index is 518. The smallest absolute Gasteiger partial charge is 0.218 e. The van der Waals surface area contributed by atoms with Crippen LogP contribution in [-0.4, -0.2) is 59.6 Å². The van der Waals surface area contributed by atoms with E-state index >= 15 is 0 Å². The first-order valence-corrected chi connectivity index (χ1v) is 7.27. The zero-order valence-corrected chi connectivity index (χ0v) is 12.7. The Morgan fingerprint density at radius 1 is 1.43 bits per heavy atom. The third-order valence-corrected chi connectivity index (χ3v) is 3.50. The highest BCUT2D eigenvalue weighted by atomic mass is 16.7. The van der Waals surface area contributed by atoms with Gasteiger partial charge in [-0.2, -0.15) is 0 Å². The summed E-state index contributed by atoms with van der Waals surface area (Å²) in [5.74, 6) is -0.371. The van der Waals surface area contributed by atoms with E-state index in [1.165, 1.54) is 6.92 Å². The maximum Gasteiger partial charge on any atom is 0.218 e. The predicted octanol–water partition coefficient (Wildman–Crippen LogP) is -0.177. The van der Waals surface area contributed by atoms with Crippen LogP contribution >= 0.6 is 0 Å². The number of aliphatic hydroxyl groups is 2. The topological polar surface area (TPSA) is 102 Å². The molecule has 1 aromatic carbocycles. The van der Waals surface area contributed by atoms with Crippen molar-refractivity contribution in [2.75, 3.05) is 6.61 Å². The van der Waals surface area contributed by atoms with Crippen molar-refractivity contribution >= 4 is 12.1 Å². The highest BCUT2D eigenvalue weighted by Gasteiger charge is 2.41. The number of hydrogen-bond donors (Lipinski definition) is 2. The number of ketones is 1. The Morgan fingerprint density at radius 2 is 2.13 bits per heavy atom. The lowest BCUT2D eigenvalue weighted by Crippen LogP contribution is -2.55. The van der Waals surface area contributed by atoms with E-state index in [0.717, 1.165) is 5.56 Å². The number of ether oxygens (including phenoxy) is 3. The van der Waals surface area contributed by atoms with Crippen LogP contribution in [0.5, 0.6) is 0 Å². The van der Waals surface area contributed by atoms with E-state index in [-0.39, 0.29) is 19.0 Å². The van der Waals surface area contributed by atoms with Crippen LogP contribution in [0, 0.1) is 0 Å². The summed E-state index contributed by atoms with van der Waals surface area (Å²) >= 11 is 0. The number of benzene rings is 1. The number of carbonyl (C=O) groups excluding carboxylic acids is 2. The van der Waals surface area contributed by atoms with E-state index in [9.17, 15) is 19.8 Å². The Balaban J connectivity index is 2.09. The van der Waals surface area contributed by atoms with Gasteiger partial charge in [0.15, 0.2) is 12.1 Å². The van der Waals surface area contributed by atoms with Crippen LogP contribution < -0.4 is 0 Å². The molecule has 1 unspecified atom stereocenters. The van der Waals surface area contributed by atoms with Crippen LogP contribution in [0.15, 0.2) is 30.3 Å². The average molecular weight is 324 g/mol. The number of Topliss-reactive ketones (excluding diaryl/α,β-unsaturated/α-hetero) is 1. The second-order valence-corrected chi connectivity index (χ2v) is 5.33. The molecule has 1 fully saturated rings. The third-order valence-electron chi connectivity index (χ3n) is 3.50. The number of carbonyl (C=O) groups is 2. The molecule has 7 nitrogen and oxygen atoms in total. The van der Waals surface area contributed by atoms with Crippen molar-refractivity contribution in [3.8, 4) is 0 Å². The van der Waals surface area contributed by atoms with Gasteiger partial charge in [0.1, 0.15) is 24.4 Å². The van der Waals surface area contributed by atoms with Crippen LogP contribution in [0.1, 0.15) is 12.5 Å². The van der Waals surface area contributed by atoms with Crippen molar-refractivity contribution in [2.24, 2.45) is 0 Å². The van der Waals surface area contributed by atoms with Crippen molar-refractivity contribution in [3.63, 3.8) is 0 Å². The lowest BCUT2D eigenvalue weighted by molar-refractivity contribution is -0.272. The van der Waals surface area contributed by atoms with Gasteiger partial charge in [-0.25, -0.2) is 0 Å². The molecule has 2 rings (SSSR count). The Kier molecular flexibility index (Phi) is 6.37. The summed E-state index contributed by atoms with van der Waals surface area (Å²) in [6.45, 7) is 1.26. The van der Waals surface area contributed by atoms with Gasteiger partial charge in [0.25, 0.3) is 0 Å². The summed E-state index contributed by atoms with van der Waals surface area (Å²) in [5.41, 5.74) is 0.834. The molecule has 0 radical (unpaired) electrons. The first-order chi connectivity index (χ1) is 11.0. The molecular formula is C16H20O7. The molecule has 1 aliphatic heterocycles. The minimum Gasteiger partial charge on any atom is -0.388 e. The third kappa shape index (κ3) is 4.66. The first kappa shape index (κ1) is 17.7. The molecule has 0 aliphatic carbocycles. The molecule has 2 N–H and O–H groups in total. The molecule has 0 bridgehead atoms. The van der Waals surface area contributed by atoms with Gasteiger partial charge >= 0.3 is 0 Å². The molecule has 1 heterocycles. The molecule has 1 aliphatic rings. The highest BCUT2D eigenvalue weighted by Crippen LogP contribution is 2.22. The number of aliphatic hydroxyl groups excluding tert-OH is 2. The van der Waals surface area contributed by atoms with Gasteiger partial charge in [-0.3, -0.25) is 4.79 Å². The van der Waals surface area contributed by atoms with Gasteiger partial charge in [-0.05, 0) is 12.5 Å². The summed E-state index contributed by atoms with van der Waals surface area (Å²) in [4.78, 5) is 22.3. The quantitative estimate of drug-likeness (QED) is 0.671. The summed E-state index contributed by atoms with van der Waals surface area (Å²) in [5, 5.41) is 19.9. The van der Waals surface area contributed by atoms with E-state index in [0.29, 0.717) is 6.29 Å². The summed E-state index contributed by atoms with van der Waals surface area (Å²) in [6.07, 6.45) is -5.63. The van der Waals surface area contributed by atoms with Gasteiger partial charge in [0.2, 0.25) is 6.29 Å². The molecule has 0 aromatic heterocycles. The predicted molar refractivity (Wildman–Crippen MR) is 78.4 cm³/mol. The van der Waals surface area contributed by atoms with Crippen molar-refractivity contribution in [1.82, 2.24) is 0 Å². The second-order valence-electron chi connectivity index (χ2n) is 5.33. The molecule has 5 atom stereocenters. The SMILES string of the molecule is CC(=O)C1OC[C@@H](O)[C@H]([C@H](OCc2ccccc2)[C@@H](O)C=O)O1. The molecule has 1 saturated heterocycles. The maximum atomic E-state index is 11.4. The summed E-state index contributed by atoms with van der Waals surface area (Å²) < 4.78 is 16.0. The minimum atomic E-state index is -1.50. The van der Waals surface area contributed by atoms with Gasteiger partial charge in [-0.1, -0.05) is 30.3 Å². The van der Waals surface area contributed by atoms with Crippen molar-refractivity contribution in [2.45, 2.75) is 44.2 Å². The highest BCUT2D eigenvalue weighted by molar-refractivity contribution is 5.79. The Hall–Kier alpha value is -1.64. The molecule has 23 heavy (non-hydrogen) atoms. The summed E-state index contributed by atoms with van der Waals surface area (Å²) in [7, 11) is 0. The van der Waals surface area contributed by atoms with Gasteiger partial charge in [0.05, 0.1) is 13.2 Å². The summed E-state index contributed by atoms with van der Waals surface area (Å²) in [6, 6.07) is 9.16. The molecule has 126 valence electrons. The zero-order chi connectivity index (χ0) is 16.8. The van der Waals surface area contributed by atoms with Crippen LogP contribution in [-0.2, 0) is 30.4 Å². The molecule has 0 spiro atoms. The van der Waals surface area contributed by atoms with Crippen molar-refractivity contribution in [3.05, 3.63) is 35.9 Å². The number of hydrogen-bond acceptors (Lipinski definition) is 7. The van der Waals surface area contributed by atoms with E-state index in [1.54, 1.807) is 0 Å². The van der Waals surface area contributed by atoms with E-state index < -0.39 is 30.7 Å². The van der Waals surface area contributed by atoms with E-state index in [4.69, 9.17) is 14.2 Å². The van der Waals surface area contributed by atoms with E-state index in [1.807, 2.05) is 30.3 Å². The number of aldehydes is 1. The standard InChI is InChI=1S/C16H20O7/c1-10(18)16-22-9-13(20)15(23-16)14(12(19)7-17)21-8-11-5-3-2-4-6-11/h2-7,12-16,19-20H,8-9H2,1H3/t12-,13+,14+,15+,16?/m0/s1. The van der Waals surface area contributed by atoms with Crippen molar-refractivity contribution < 1.29 is 34.0 Å². The first-order valence-electron chi connectivity index (χ1n) is 7.27. The molecule has 0 saturated carbocycles.